The Balaban J connectivity index is 2.53. The Morgan fingerprint density at radius 2 is 2.24 bits per heavy atom. The van der Waals surface area contributed by atoms with Gasteiger partial charge in [-0.15, -0.1) is 11.3 Å². The van der Waals surface area contributed by atoms with Gasteiger partial charge in [-0.2, -0.15) is 0 Å². The van der Waals surface area contributed by atoms with Gasteiger partial charge in [0, 0.05) is 11.0 Å². The van der Waals surface area contributed by atoms with Gasteiger partial charge in [0.25, 0.3) is 0 Å². The smallest absolute Gasteiger partial charge is 0.173 e. The van der Waals surface area contributed by atoms with Crippen LogP contribution in [0.3, 0.4) is 0 Å². The summed E-state index contributed by atoms with van der Waals surface area (Å²) in [6.07, 6.45) is 0. The molecule has 0 spiro atoms. The van der Waals surface area contributed by atoms with Crippen LogP contribution >= 0.6 is 49.9 Å². The summed E-state index contributed by atoms with van der Waals surface area (Å²) in [7, 11) is 0. The lowest BCUT2D eigenvalue weighted by atomic mass is 10.3. The maximum absolute atomic E-state index is 4.58. The third kappa shape index (κ3) is 2.79. The lowest BCUT2D eigenvalue weighted by Crippen LogP contribution is -2.05. The summed E-state index contributed by atoms with van der Waals surface area (Å²) in [6.45, 7) is 4.93. The fourth-order valence-electron chi connectivity index (χ4n) is 1.40. The van der Waals surface area contributed by atoms with E-state index in [-0.39, 0.29) is 0 Å². The van der Waals surface area contributed by atoms with Crippen LogP contribution in [0.1, 0.15) is 12.6 Å². The fraction of sp³-hybridized carbons (Fsp3) is 0.273. The number of anilines is 1. The minimum atomic E-state index is 0.778. The second-order valence-corrected chi connectivity index (χ2v) is 6.27. The lowest BCUT2D eigenvalue weighted by Gasteiger charge is -2.09. The van der Waals surface area contributed by atoms with Gasteiger partial charge in [0.15, 0.2) is 5.82 Å². The lowest BCUT2D eigenvalue weighted by molar-refractivity contribution is 1.07. The number of nitrogens with zero attached hydrogens (tertiary/aromatic N) is 2. The zero-order valence-corrected chi connectivity index (χ0v) is 14.0. The minimum absolute atomic E-state index is 0.778. The van der Waals surface area contributed by atoms with E-state index >= 15 is 0 Å². The van der Waals surface area contributed by atoms with Crippen molar-refractivity contribution >= 4 is 55.7 Å². The van der Waals surface area contributed by atoms with Crippen molar-refractivity contribution < 1.29 is 0 Å². The highest BCUT2D eigenvalue weighted by molar-refractivity contribution is 14.1. The monoisotopic (exact) mass is 423 g/mol. The maximum Gasteiger partial charge on any atom is 0.173 e. The van der Waals surface area contributed by atoms with E-state index in [2.05, 4.69) is 60.7 Å². The van der Waals surface area contributed by atoms with Crippen molar-refractivity contribution in [3.05, 3.63) is 25.2 Å². The van der Waals surface area contributed by atoms with Gasteiger partial charge < -0.3 is 5.32 Å². The average molecular weight is 424 g/mol. The first-order valence-electron chi connectivity index (χ1n) is 5.14. The Morgan fingerprint density at radius 3 is 2.82 bits per heavy atom. The Kier molecular flexibility index (Phi) is 4.37. The molecule has 0 aliphatic heterocycles. The molecule has 0 aromatic carbocycles. The Morgan fingerprint density at radius 1 is 1.47 bits per heavy atom. The number of halogens is 2. The molecule has 2 rings (SSSR count). The molecule has 0 unspecified atom stereocenters. The fourth-order valence-corrected chi connectivity index (χ4v) is 3.31. The van der Waals surface area contributed by atoms with Crippen LogP contribution in [0, 0.1) is 10.5 Å². The summed E-state index contributed by atoms with van der Waals surface area (Å²) in [5.74, 6) is 1.69. The second-order valence-electron chi connectivity index (χ2n) is 3.42. The highest BCUT2D eigenvalue weighted by Crippen LogP contribution is 2.33. The predicted octanol–water partition coefficient (Wildman–Crippen LogP) is 4.31. The number of nitrogens with one attached hydrogen (secondary N) is 1. The first-order valence-corrected chi connectivity index (χ1v) is 7.90. The third-order valence-corrected chi connectivity index (χ3v) is 5.31. The molecule has 90 valence electrons. The molecule has 2 aromatic heterocycles. The largest absolute Gasteiger partial charge is 0.369 e. The Hall–Kier alpha value is -0.210. The molecular weight excluding hydrogens is 413 g/mol. The van der Waals surface area contributed by atoms with Crippen molar-refractivity contribution in [2.24, 2.45) is 0 Å². The molecule has 17 heavy (non-hydrogen) atoms. The van der Waals surface area contributed by atoms with E-state index in [9.17, 15) is 0 Å². The number of aryl methyl sites for hydroxylation is 1. The van der Waals surface area contributed by atoms with E-state index in [4.69, 9.17) is 0 Å². The molecule has 2 aromatic rings. The molecule has 0 atom stereocenters. The standard InChI is InChI=1S/C11H11BrIN3S/c1-3-14-10-8(13)6(2)15-11(16-10)9-7(12)4-5-17-9/h4-5H,3H2,1-2H3,(H,14,15,16). The van der Waals surface area contributed by atoms with Crippen LogP contribution in [0.4, 0.5) is 5.82 Å². The summed E-state index contributed by atoms with van der Waals surface area (Å²) in [6, 6.07) is 2.02. The van der Waals surface area contributed by atoms with E-state index in [1.54, 1.807) is 11.3 Å². The highest BCUT2D eigenvalue weighted by atomic mass is 127. The van der Waals surface area contributed by atoms with E-state index in [1.165, 1.54) is 0 Å². The molecule has 0 amide bonds. The van der Waals surface area contributed by atoms with Gasteiger partial charge in [-0.25, -0.2) is 9.97 Å². The van der Waals surface area contributed by atoms with Gasteiger partial charge in [0.1, 0.15) is 5.82 Å². The molecule has 0 radical (unpaired) electrons. The molecule has 0 aliphatic carbocycles. The van der Waals surface area contributed by atoms with E-state index in [1.807, 2.05) is 18.4 Å². The zero-order valence-electron chi connectivity index (χ0n) is 9.42. The molecule has 0 fully saturated rings. The molecule has 0 bridgehead atoms. The number of aromatic nitrogens is 2. The summed E-state index contributed by atoms with van der Waals surface area (Å²) in [5, 5.41) is 5.30. The molecule has 0 aliphatic rings. The number of thiophene rings is 1. The van der Waals surface area contributed by atoms with Gasteiger partial charge in [0.05, 0.1) is 14.1 Å². The van der Waals surface area contributed by atoms with Gasteiger partial charge in [0.2, 0.25) is 0 Å². The SMILES string of the molecule is CCNc1nc(-c2sccc2Br)nc(C)c1I. The molecule has 1 N–H and O–H groups in total. The van der Waals surface area contributed by atoms with Crippen LogP contribution in [-0.4, -0.2) is 16.5 Å². The summed E-state index contributed by atoms with van der Waals surface area (Å²) < 4.78 is 2.13. The van der Waals surface area contributed by atoms with E-state index in [0.29, 0.717) is 0 Å². The maximum atomic E-state index is 4.58. The molecule has 6 heteroatoms. The van der Waals surface area contributed by atoms with Crippen LogP contribution in [0.15, 0.2) is 15.9 Å². The van der Waals surface area contributed by atoms with Crippen LogP contribution in [0.25, 0.3) is 10.7 Å². The molecule has 3 nitrogen and oxygen atoms in total. The first kappa shape index (κ1) is 13.2. The van der Waals surface area contributed by atoms with Crippen molar-refractivity contribution in [3.8, 4) is 10.7 Å². The van der Waals surface area contributed by atoms with E-state index < -0.39 is 0 Å². The highest BCUT2D eigenvalue weighted by Gasteiger charge is 2.13. The quantitative estimate of drug-likeness (QED) is 0.747. The third-order valence-electron chi connectivity index (χ3n) is 2.18. The van der Waals surface area contributed by atoms with Gasteiger partial charge in [-0.05, 0) is 63.8 Å². The number of hydrogen-bond acceptors (Lipinski definition) is 4. The van der Waals surface area contributed by atoms with Gasteiger partial charge >= 0.3 is 0 Å². The van der Waals surface area contributed by atoms with Crippen molar-refractivity contribution in [2.45, 2.75) is 13.8 Å². The topological polar surface area (TPSA) is 37.8 Å². The second kappa shape index (κ2) is 5.62. The van der Waals surface area contributed by atoms with Crippen LogP contribution in [0.5, 0.6) is 0 Å². The first-order chi connectivity index (χ1) is 8.13. The molecule has 0 saturated carbocycles. The molecular formula is C11H11BrIN3S. The van der Waals surface area contributed by atoms with Crippen molar-refractivity contribution in [1.82, 2.24) is 9.97 Å². The number of hydrogen-bond donors (Lipinski definition) is 1. The summed E-state index contributed by atoms with van der Waals surface area (Å²) >= 11 is 7.44. The van der Waals surface area contributed by atoms with E-state index in [0.717, 1.165) is 36.8 Å². The Labute approximate surface area is 126 Å². The normalized spacial score (nSPS) is 10.6. The van der Waals surface area contributed by atoms with Crippen LogP contribution < -0.4 is 5.32 Å². The predicted molar refractivity (Wildman–Crippen MR) is 84.7 cm³/mol. The van der Waals surface area contributed by atoms with Crippen LogP contribution in [-0.2, 0) is 0 Å². The van der Waals surface area contributed by atoms with Crippen molar-refractivity contribution in [1.29, 1.82) is 0 Å². The minimum Gasteiger partial charge on any atom is -0.369 e. The van der Waals surface area contributed by atoms with Crippen molar-refractivity contribution in [2.75, 3.05) is 11.9 Å². The number of rotatable bonds is 3. The Bertz CT molecular complexity index is 542. The van der Waals surface area contributed by atoms with Crippen molar-refractivity contribution in [3.63, 3.8) is 0 Å². The molecule has 0 saturated heterocycles. The summed E-state index contributed by atoms with van der Waals surface area (Å²) in [5.41, 5.74) is 1.01. The molecule has 2 heterocycles. The van der Waals surface area contributed by atoms with Crippen LogP contribution in [0.2, 0.25) is 0 Å². The average Bonchev–Trinajstić information content (AvgIpc) is 2.71. The van der Waals surface area contributed by atoms with Gasteiger partial charge in [-0.1, -0.05) is 0 Å². The van der Waals surface area contributed by atoms with Gasteiger partial charge in [-0.3, -0.25) is 0 Å². The summed E-state index contributed by atoms with van der Waals surface area (Å²) in [4.78, 5) is 10.2. The zero-order chi connectivity index (χ0) is 12.4.